The average Bonchev–Trinajstić information content (AvgIpc) is 2.71. The Labute approximate surface area is 100 Å². The number of hydrogen-bond acceptors (Lipinski definition) is 3. The Hall–Kier alpha value is -1.83. The predicted octanol–water partition coefficient (Wildman–Crippen LogP) is 1.81. The van der Waals surface area contributed by atoms with Crippen LogP contribution in [0.1, 0.15) is 37.7 Å². The van der Waals surface area contributed by atoms with E-state index < -0.39 is 0 Å². The van der Waals surface area contributed by atoms with Crippen molar-refractivity contribution in [2.45, 2.75) is 32.1 Å². The first kappa shape index (κ1) is 11.6. The molecule has 90 valence electrons. The summed E-state index contributed by atoms with van der Waals surface area (Å²) >= 11 is 0. The van der Waals surface area contributed by atoms with E-state index in [1.54, 1.807) is 7.05 Å². The van der Waals surface area contributed by atoms with Crippen LogP contribution < -0.4 is 5.32 Å². The quantitative estimate of drug-likeness (QED) is 0.845. The van der Waals surface area contributed by atoms with Crippen molar-refractivity contribution in [3.8, 4) is 6.07 Å². The van der Waals surface area contributed by atoms with E-state index in [2.05, 4.69) is 10.4 Å². The minimum atomic E-state index is 0.0183. The van der Waals surface area contributed by atoms with Gasteiger partial charge in [-0.15, -0.1) is 0 Å². The van der Waals surface area contributed by atoms with Crippen molar-refractivity contribution < 1.29 is 4.79 Å². The Morgan fingerprint density at radius 2 is 2.24 bits per heavy atom. The van der Waals surface area contributed by atoms with E-state index in [4.69, 9.17) is 5.26 Å². The molecule has 0 aromatic carbocycles. The maximum atomic E-state index is 12.0. The molecule has 1 amide bonds. The molecule has 0 unspecified atom stereocenters. The minimum Gasteiger partial charge on any atom is -0.310 e. The fraction of sp³-hybridized carbons (Fsp3) is 0.583. The van der Waals surface area contributed by atoms with Crippen LogP contribution in [0.25, 0.3) is 0 Å². The van der Waals surface area contributed by atoms with Crippen LogP contribution >= 0.6 is 0 Å². The van der Waals surface area contributed by atoms with Crippen LogP contribution in [0.4, 0.5) is 5.82 Å². The van der Waals surface area contributed by atoms with Gasteiger partial charge in [0, 0.05) is 13.0 Å². The molecule has 1 saturated carbocycles. The van der Waals surface area contributed by atoms with Gasteiger partial charge in [-0.05, 0) is 12.8 Å². The maximum absolute atomic E-state index is 12.0. The van der Waals surface area contributed by atoms with Gasteiger partial charge in [0.2, 0.25) is 5.91 Å². The van der Waals surface area contributed by atoms with E-state index in [1.807, 2.05) is 6.07 Å². The van der Waals surface area contributed by atoms with Gasteiger partial charge in [0.05, 0.1) is 6.20 Å². The molecule has 1 N–H and O–H groups in total. The van der Waals surface area contributed by atoms with E-state index in [0.717, 1.165) is 25.7 Å². The number of rotatable bonds is 2. The molecule has 0 atom stereocenters. The highest BCUT2D eigenvalue weighted by molar-refractivity contribution is 5.92. The Kier molecular flexibility index (Phi) is 3.43. The SMILES string of the molecule is Cn1ncc(C#N)c1NC(=O)C1CCCCC1. The Morgan fingerprint density at radius 1 is 1.53 bits per heavy atom. The number of aryl methyl sites for hydroxylation is 1. The highest BCUT2D eigenvalue weighted by atomic mass is 16.2. The van der Waals surface area contributed by atoms with Crippen molar-refractivity contribution in [1.29, 1.82) is 5.26 Å². The van der Waals surface area contributed by atoms with E-state index in [1.165, 1.54) is 17.3 Å². The van der Waals surface area contributed by atoms with E-state index in [-0.39, 0.29) is 11.8 Å². The van der Waals surface area contributed by atoms with Gasteiger partial charge >= 0.3 is 0 Å². The molecule has 5 heteroatoms. The number of nitrogens with one attached hydrogen (secondary N) is 1. The number of hydrogen-bond donors (Lipinski definition) is 1. The number of anilines is 1. The average molecular weight is 232 g/mol. The summed E-state index contributed by atoms with van der Waals surface area (Å²) < 4.78 is 1.53. The van der Waals surface area contributed by atoms with Gasteiger partial charge in [0.15, 0.2) is 0 Å². The number of carbonyl (C=O) groups is 1. The molecule has 0 aliphatic heterocycles. The fourth-order valence-electron chi connectivity index (χ4n) is 2.25. The predicted molar refractivity (Wildman–Crippen MR) is 63.1 cm³/mol. The summed E-state index contributed by atoms with van der Waals surface area (Å²) in [6.45, 7) is 0. The van der Waals surface area contributed by atoms with E-state index in [0.29, 0.717) is 11.4 Å². The number of carbonyl (C=O) groups excluding carboxylic acids is 1. The second kappa shape index (κ2) is 5.00. The lowest BCUT2D eigenvalue weighted by Crippen LogP contribution is -2.26. The third-order valence-electron chi connectivity index (χ3n) is 3.28. The molecule has 0 saturated heterocycles. The van der Waals surface area contributed by atoms with Gasteiger partial charge in [-0.2, -0.15) is 10.4 Å². The lowest BCUT2D eigenvalue weighted by atomic mass is 9.89. The lowest BCUT2D eigenvalue weighted by Gasteiger charge is -2.20. The normalized spacial score (nSPS) is 16.5. The summed E-state index contributed by atoms with van der Waals surface area (Å²) in [5.74, 6) is 0.609. The third-order valence-corrected chi connectivity index (χ3v) is 3.28. The second-order valence-corrected chi connectivity index (χ2v) is 4.47. The van der Waals surface area contributed by atoms with Gasteiger partial charge in [-0.3, -0.25) is 9.48 Å². The zero-order chi connectivity index (χ0) is 12.3. The van der Waals surface area contributed by atoms with Gasteiger partial charge in [0.1, 0.15) is 17.5 Å². The van der Waals surface area contributed by atoms with E-state index >= 15 is 0 Å². The molecule has 1 aliphatic rings. The molecule has 0 bridgehead atoms. The highest BCUT2D eigenvalue weighted by Crippen LogP contribution is 2.25. The standard InChI is InChI=1S/C12H16N4O/c1-16-11(10(7-13)8-14-16)15-12(17)9-5-3-2-4-6-9/h8-9H,2-6H2,1H3,(H,15,17). The Balaban J connectivity index is 2.07. The molecule has 1 fully saturated rings. The third kappa shape index (κ3) is 2.47. The summed E-state index contributed by atoms with van der Waals surface area (Å²) in [5.41, 5.74) is 0.414. The maximum Gasteiger partial charge on any atom is 0.228 e. The van der Waals surface area contributed by atoms with Crippen molar-refractivity contribution in [1.82, 2.24) is 9.78 Å². The Bertz CT molecular complexity index is 452. The second-order valence-electron chi connectivity index (χ2n) is 4.47. The van der Waals surface area contributed by atoms with Gasteiger partial charge in [0.25, 0.3) is 0 Å². The van der Waals surface area contributed by atoms with Gasteiger partial charge < -0.3 is 5.32 Å². The van der Waals surface area contributed by atoms with Gasteiger partial charge in [-0.25, -0.2) is 0 Å². The molecule has 1 aromatic rings. The highest BCUT2D eigenvalue weighted by Gasteiger charge is 2.22. The smallest absolute Gasteiger partial charge is 0.228 e. The summed E-state index contributed by atoms with van der Waals surface area (Å²) in [7, 11) is 1.72. The minimum absolute atomic E-state index is 0.0183. The van der Waals surface area contributed by atoms with Crippen molar-refractivity contribution >= 4 is 11.7 Å². The van der Waals surface area contributed by atoms with Crippen LogP contribution in [-0.4, -0.2) is 15.7 Å². The first-order chi connectivity index (χ1) is 8.22. The number of nitrogens with zero attached hydrogens (tertiary/aromatic N) is 3. The van der Waals surface area contributed by atoms with Crippen LogP contribution in [0.3, 0.4) is 0 Å². The fourth-order valence-corrected chi connectivity index (χ4v) is 2.25. The van der Waals surface area contributed by atoms with Crippen molar-refractivity contribution in [3.05, 3.63) is 11.8 Å². The summed E-state index contributed by atoms with van der Waals surface area (Å²) in [6.07, 6.45) is 6.83. The van der Waals surface area contributed by atoms with E-state index in [9.17, 15) is 4.79 Å². The monoisotopic (exact) mass is 232 g/mol. The summed E-state index contributed by atoms with van der Waals surface area (Å²) in [6, 6.07) is 2.03. The first-order valence-electron chi connectivity index (χ1n) is 5.95. The van der Waals surface area contributed by atoms with Crippen LogP contribution in [0.2, 0.25) is 0 Å². The van der Waals surface area contributed by atoms with Crippen LogP contribution in [-0.2, 0) is 11.8 Å². The molecule has 1 heterocycles. The number of aromatic nitrogens is 2. The summed E-state index contributed by atoms with van der Waals surface area (Å²) in [5, 5.41) is 15.7. The molecule has 1 aliphatic carbocycles. The summed E-state index contributed by atoms with van der Waals surface area (Å²) in [4.78, 5) is 12.0. The topological polar surface area (TPSA) is 70.7 Å². The molecule has 17 heavy (non-hydrogen) atoms. The number of amides is 1. The van der Waals surface area contributed by atoms with Crippen molar-refractivity contribution in [2.24, 2.45) is 13.0 Å². The lowest BCUT2D eigenvalue weighted by molar-refractivity contribution is -0.120. The molecule has 0 radical (unpaired) electrons. The zero-order valence-electron chi connectivity index (χ0n) is 9.94. The number of nitriles is 1. The molecule has 5 nitrogen and oxygen atoms in total. The molecule has 2 rings (SSSR count). The van der Waals surface area contributed by atoms with Crippen LogP contribution in [0.5, 0.6) is 0 Å². The van der Waals surface area contributed by atoms with Crippen molar-refractivity contribution in [3.63, 3.8) is 0 Å². The molecular weight excluding hydrogens is 216 g/mol. The van der Waals surface area contributed by atoms with Crippen LogP contribution in [0, 0.1) is 17.2 Å². The van der Waals surface area contributed by atoms with Crippen LogP contribution in [0.15, 0.2) is 6.20 Å². The molecular formula is C12H16N4O. The first-order valence-corrected chi connectivity index (χ1v) is 5.95. The largest absolute Gasteiger partial charge is 0.310 e. The van der Waals surface area contributed by atoms with Gasteiger partial charge in [-0.1, -0.05) is 19.3 Å². The zero-order valence-corrected chi connectivity index (χ0v) is 9.94. The van der Waals surface area contributed by atoms with Crippen molar-refractivity contribution in [2.75, 3.05) is 5.32 Å². The Morgan fingerprint density at radius 3 is 2.88 bits per heavy atom. The molecule has 1 aromatic heterocycles. The molecule has 0 spiro atoms.